The van der Waals surface area contributed by atoms with Crippen LogP contribution in [0.5, 0.6) is 11.5 Å². The number of phenols is 2. The van der Waals surface area contributed by atoms with Crippen LogP contribution in [0.4, 0.5) is 0 Å². The Morgan fingerprint density at radius 2 is 0.876 bits per heavy atom. The minimum atomic E-state index is -1.92. The average Bonchev–Trinajstić information content (AvgIpc) is 0.917. The van der Waals surface area contributed by atoms with Gasteiger partial charge in [0, 0.05) is 39.2 Å². The first-order valence-corrected chi connectivity index (χ1v) is 32.6. The number of aromatic hydroxyl groups is 2. The van der Waals surface area contributed by atoms with Crippen molar-refractivity contribution in [2.45, 2.75) is 158 Å². The molecule has 0 aliphatic rings. The SMILES string of the molecule is CSCC[C@H](NC(=O)[C@H](Cc1ccccc1)NC(=O)[C@H](CCCCN)NC(C)=O)C(=O)N[C@@H](CC(=O)O)C(=O)N[C@H](C(=O)N[C@@H](Cc1ccc(O)cc1)C(=O)N[C@@H](CCC(N)=O)C(=O)N[C@@H](CCCN=C(N)N)C(=O)N[C@@H](CO)C(=O)N[C@@H](Cc1ccc(O)cc1)C(N)=O)C(C)C. The number of nitrogens with zero attached hydrogens (tertiary/aromatic N) is 1. The highest BCUT2D eigenvalue weighted by Crippen LogP contribution is 2.16. The summed E-state index contributed by atoms with van der Waals surface area (Å²) in [5, 5.41) is 65.1. The van der Waals surface area contributed by atoms with Crippen molar-refractivity contribution in [3.63, 3.8) is 0 Å². The number of aliphatic hydroxyl groups excluding tert-OH is 1. The van der Waals surface area contributed by atoms with Crippen LogP contribution in [-0.4, -0.2) is 195 Å². The number of amides is 12. The van der Waals surface area contributed by atoms with Crippen molar-refractivity contribution in [3.8, 4) is 11.5 Å². The summed E-state index contributed by atoms with van der Waals surface area (Å²) in [5.74, 6) is -14.4. The average molecular weight is 1380 g/mol. The number of aliphatic hydroxyl groups is 1. The van der Waals surface area contributed by atoms with E-state index in [4.69, 9.17) is 28.7 Å². The number of nitrogens with two attached hydrogens (primary N) is 5. The van der Waals surface area contributed by atoms with Gasteiger partial charge in [-0.05, 0) is 110 Å². The number of rotatable bonds is 44. The number of carboxylic acids is 1. The molecular weight excluding hydrogens is 1280 g/mol. The lowest BCUT2D eigenvalue weighted by atomic mass is 9.99. The maximum Gasteiger partial charge on any atom is 0.305 e. The third-order valence-corrected chi connectivity index (χ3v) is 15.5. The number of carbonyl (C=O) groups excluding carboxylic acids is 12. The molecule has 10 atom stereocenters. The normalized spacial score (nSPS) is 14.1. The fourth-order valence-electron chi connectivity index (χ4n) is 9.60. The predicted octanol–water partition coefficient (Wildman–Crippen LogP) is -4.20. The number of guanidine groups is 1. The van der Waals surface area contributed by atoms with Crippen LogP contribution in [0.3, 0.4) is 0 Å². The minimum Gasteiger partial charge on any atom is -0.508 e. The highest BCUT2D eigenvalue weighted by Gasteiger charge is 2.37. The number of carboxylic acid groups (broad SMARTS) is 1. The molecule has 3 rings (SSSR count). The number of aliphatic carboxylic acids is 1. The van der Waals surface area contributed by atoms with E-state index in [0.717, 1.165) is 0 Å². The zero-order valence-electron chi connectivity index (χ0n) is 54.5. The summed E-state index contributed by atoms with van der Waals surface area (Å²) in [6.07, 6.45) is -0.142. The Bertz CT molecular complexity index is 3180. The van der Waals surface area contributed by atoms with E-state index in [2.05, 4.69) is 58.2 Å². The molecule has 0 aromatic heterocycles. The third-order valence-electron chi connectivity index (χ3n) is 14.8. The molecule has 0 unspecified atom stereocenters. The van der Waals surface area contributed by atoms with Gasteiger partial charge in [0.2, 0.25) is 70.9 Å². The van der Waals surface area contributed by atoms with Crippen LogP contribution in [-0.2, 0) is 81.6 Å². The van der Waals surface area contributed by atoms with E-state index in [1.165, 1.54) is 81.1 Å². The highest BCUT2D eigenvalue weighted by atomic mass is 32.2. The number of hydrogen-bond donors (Lipinski definition) is 19. The molecule has 97 heavy (non-hydrogen) atoms. The van der Waals surface area contributed by atoms with Crippen molar-refractivity contribution in [3.05, 3.63) is 95.6 Å². The molecule has 3 aromatic rings. The van der Waals surface area contributed by atoms with Gasteiger partial charge in [0.25, 0.3) is 0 Å². The van der Waals surface area contributed by atoms with Gasteiger partial charge in [0.05, 0.1) is 13.0 Å². The van der Waals surface area contributed by atoms with Gasteiger partial charge in [0.1, 0.15) is 71.9 Å². The zero-order valence-corrected chi connectivity index (χ0v) is 55.3. The van der Waals surface area contributed by atoms with Crippen LogP contribution < -0.4 is 81.8 Å². The van der Waals surface area contributed by atoms with E-state index in [0.29, 0.717) is 36.1 Å². The largest absolute Gasteiger partial charge is 0.508 e. The predicted molar refractivity (Wildman–Crippen MR) is 356 cm³/mol. The van der Waals surface area contributed by atoms with Gasteiger partial charge in [-0.15, -0.1) is 0 Å². The number of carbonyl (C=O) groups is 13. The minimum absolute atomic E-state index is 0.00530. The maximum absolute atomic E-state index is 14.6. The fourth-order valence-corrected chi connectivity index (χ4v) is 10.1. The Morgan fingerprint density at radius 1 is 0.474 bits per heavy atom. The summed E-state index contributed by atoms with van der Waals surface area (Å²) in [6, 6.07) is 4.02. The van der Waals surface area contributed by atoms with Crippen LogP contribution in [0.25, 0.3) is 0 Å². The number of hydrogen-bond acceptors (Lipinski definition) is 19. The Labute approximate surface area is 564 Å². The zero-order chi connectivity index (χ0) is 72.3. The van der Waals surface area contributed by atoms with Gasteiger partial charge < -0.3 is 102 Å². The molecule has 24 N–H and O–H groups in total. The van der Waals surface area contributed by atoms with Crippen molar-refractivity contribution in [2.75, 3.05) is 31.7 Å². The van der Waals surface area contributed by atoms with E-state index in [1.54, 1.807) is 36.6 Å². The Morgan fingerprint density at radius 3 is 1.33 bits per heavy atom. The van der Waals surface area contributed by atoms with Gasteiger partial charge >= 0.3 is 5.97 Å². The number of primary amides is 2. The van der Waals surface area contributed by atoms with Gasteiger partial charge in [-0.3, -0.25) is 67.3 Å². The molecule has 0 saturated heterocycles. The molecule has 0 aliphatic carbocycles. The van der Waals surface area contributed by atoms with Crippen LogP contribution in [0.1, 0.15) is 95.2 Å². The quantitative estimate of drug-likeness (QED) is 0.0145. The molecule has 3 aromatic carbocycles. The van der Waals surface area contributed by atoms with E-state index >= 15 is 0 Å². The number of aliphatic imine (C=N–C) groups is 1. The second-order valence-electron chi connectivity index (χ2n) is 23.1. The summed E-state index contributed by atoms with van der Waals surface area (Å²) in [5.41, 5.74) is 29.1. The lowest BCUT2D eigenvalue weighted by Gasteiger charge is -2.29. The smallest absolute Gasteiger partial charge is 0.305 e. The van der Waals surface area contributed by atoms with Crippen LogP contribution in [0, 0.1) is 5.92 Å². The van der Waals surface area contributed by atoms with E-state index in [-0.39, 0.29) is 74.7 Å². The number of unbranched alkanes of at least 4 members (excludes halogenated alkanes) is 1. The number of nitrogens with one attached hydrogen (secondary N) is 10. The lowest BCUT2D eigenvalue weighted by molar-refractivity contribution is -0.142. The number of phenolic OH excluding ortho intramolecular Hbond substituents is 2. The van der Waals surface area contributed by atoms with Gasteiger partial charge in [-0.25, -0.2) is 0 Å². The summed E-state index contributed by atoms with van der Waals surface area (Å²) < 4.78 is 0. The van der Waals surface area contributed by atoms with Crippen molar-refractivity contribution in [1.29, 1.82) is 0 Å². The molecule has 0 heterocycles. The Kier molecular flexibility index (Phi) is 35.4. The molecule has 0 saturated carbocycles. The molecule has 0 spiro atoms. The van der Waals surface area contributed by atoms with Crippen LogP contribution in [0.15, 0.2) is 83.9 Å². The first-order valence-electron chi connectivity index (χ1n) is 31.2. The van der Waals surface area contributed by atoms with Gasteiger partial charge in [-0.1, -0.05) is 68.4 Å². The summed E-state index contributed by atoms with van der Waals surface area (Å²) in [6.45, 7) is 3.41. The monoisotopic (exact) mass is 1380 g/mol. The molecule has 0 fully saturated rings. The Hall–Kier alpha value is -10.1. The maximum atomic E-state index is 14.6. The van der Waals surface area contributed by atoms with E-state index in [9.17, 15) is 82.8 Å². The van der Waals surface area contributed by atoms with Crippen LogP contribution in [0.2, 0.25) is 0 Å². The molecule has 0 bridgehead atoms. The second-order valence-corrected chi connectivity index (χ2v) is 24.1. The summed E-state index contributed by atoms with van der Waals surface area (Å²) >= 11 is 1.29. The molecule has 33 nitrogen and oxygen atoms in total. The van der Waals surface area contributed by atoms with Crippen LogP contribution >= 0.6 is 11.8 Å². The molecule has 0 radical (unpaired) electrons. The number of thioether (sulfide) groups is 1. The highest BCUT2D eigenvalue weighted by molar-refractivity contribution is 7.98. The van der Waals surface area contributed by atoms with Crippen molar-refractivity contribution in [2.24, 2.45) is 39.6 Å². The molecule has 12 amide bonds. The van der Waals surface area contributed by atoms with Crippen molar-refractivity contribution >= 4 is 94.6 Å². The molecular formula is C63H92N16O17S. The van der Waals surface area contributed by atoms with Crippen molar-refractivity contribution in [1.82, 2.24) is 53.2 Å². The topological polar surface area (TPSA) is 566 Å². The van der Waals surface area contributed by atoms with Gasteiger partial charge in [0.15, 0.2) is 5.96 Å². The lowest BCUT2D eigenvalue weighted by Crippen LogP contribution is -2.62. The van der Waals surface area contributed by atoms with E-state index < -0.39 is 169 Å². The first kappa shape index (κ1) is 81.1. The summed E-state index contributed by atoms with van der Waals surface area (Å²) in [4.78, 5) is 181. The second kappa shape index (κ2) is 42.4. The molecule has 532 valence electrons. The number of benzene rings is 3. The molecule has 0 aliphatic heterocycles. The fraction of sp³-hybridized carbons (Fsp3) is 0.492. The standard InChI is InChI=1S/C63H92N16O17S/c1-34(2)52(79-60(94)48(32-51(85)86)76-57(91)44(25-28-97-4)73-58(92)46(30-36-11-6-5-7-12-36)75-54(88)41(70-35(3)81)13-8-9-26-64)62(96)77-47(31-38-17-21-40(83)22-18-38)59(93)72-43(23-24-50(65)84)56(90)71-42(14-10-27-69-63(67)68)55(89)78-49(33-80)61(95)74-45(53(66)87)29-37-15-19-39(82)20-16-37/h5-7,11-12,15-22,34,41-49,52,80,82-83H,8-10,13-14,23-33,64H2,1-4H3,(H2,65,84)(H2,66,87)(H,70,81)(H,71,90)(H,72,93)(H,73,92)(H,74,95)(H,75,88)(H,76,91)(H,77,96)(H,78,89)(H,79,94)(H,85,86)(H4,67,68,69)/t41-,42-,43-,44-,45-,46-,47-,48-,49-,52-/m0/s1. The molecule has 34 heteroatoms. The van der Waals surface area contributed by atoms with Gasteiger partial charge in [-0.2, -0.15) is 11.8 Å². The third kappa shape index (κ3) is 30.5. The summed E-state index contributed by atoms with van der Waals surface area (Å²) in [7, 11) is 0. The first-order chi connectivity index (χ1) is 45.9. The van der Waals surface area contributed by atoms with E-state index in [1.807, 2.05) is 0 Å². The Balaban J connectivity index is 1.97. The van der Waals surface area contributed by atoms with Crippen molar-refractivity contribution < 1.29 is 82.8 Å².